The molecule has 0 bridgehead atoms. The van der Waals surface area contributed by atoms with Gasteiger partial charge in [-0.05, 0) is 98.1 Å². The lowest BCUT2D eigenvalue weighted by Gasteiger charge is -2.56. The lowest BCUT2D eigenvalue weighted by atomic mass is 9.50. The molecule has 0 amide bonds. The molecular weight excluding hydrogens is 529 g/mol. The monoisotopic (exact) mass is 561 g/mol. The first kappa shape index (κ1) is 28.5. The van der Waals surface area contributed by atoms with Crippen LogP contribution in [0.2, 0.25) is 0 Å². The fourth-order valence-corrected chi connectivity index (χ4v) is 7.77. The molecule has 0 spiro atoms. The Labute approximate surface area is 230 Å². The molecule has 2 fully saturated rings. The SMILES string of the molecule is CCO/N=C/C#Cc1ccc([C@H]2C[C@@]3(C)C(CC[C@@]3(O)C(F)(F)C(F)(F)F)C3CCC4=CC(=O)CCC4=C32)cc1. The second-order valence-corrected chi connectivity index (χ2v) is 11.5. The number of ketones is 1. The van der Waals surface area contributed by atoms with Crippen LogP contribution in [0.15, 0.2) is 52.2 Å². The number of allylic oxidation sites excluding steroid dienone is 4. The molecule has 214 valence electrons. The summed E-state index contributed by atoms with van der Waals surface area (Å²) in [5.74, 6) is -0.772. The van der Waals surface area contributed by atoms with E-state index in [-0.39, 0.29) is 24.5 Å². The summed E-state index contributed by atoms with van der Waals surface area (Å²) < 4.78 is 71.3. The van der Waals surface area contributed by atoms with Crippen LogP contribution in [0.3, 0.4) is 0 Å². The van der Waals surface area contributed by atoms with E-state index < -0.39 is 41.4 Å². The molecule has 1 aromatic rings. The highest BCUT2D eigenvalue weighted by atomic mass is 19.4. The highest BCUT2D eigenvalue weighted by molar-refractivity contribution is 5.93. The standard InChI is InChI=1S/C31H32F5NO3/c1-3-40-37-16-4-5-19-6-8-20(9-7-19)25-18-28(2)26(14-15-29(28,39)30(32,33)31(34,35)36)24-12-10-21-17-22(38)11-13-23(21)27(24)25/h6-9,16-17,24-26,39H,3,10-15,18H2,1-2H3/b37-16+/t24?,25-,26?,28+,29+/m1/s1. The van der Waals surface area contributed by atoms with E-state index in [1.54, 1.807) is 25.1 Å². The molecule has 5 atom stereocenters. The number of fused-ring (bicyclic) bond motifs is 4. The topological polar surface area (TPSA) is 58.9 Å². The predicted octanol–water partition coefficient (Wildman–Crippen LogP) is 6.89. The van der Waals surface area contributed by atoms with Gasteiger partial charge in [-0.3, -0.25) is 4.79 Å². The van der Waals surface area contributed by atoms with Gasteiger partial charge < -0.3 is 9.94 Å². The Bertz CT molecular complexity index is 1330. The predicted molar refractivity (Wildman–Crippen MR) is 140 cm³/mol. The van der Waals surface area contributed by atoms with Crippen LogP contribution in [0, 0.1) is 29.1 Å². The number of rotatable bonds is 4. The molecule has 0 aromatic heterocycles. The van der Waals surface area contributed by atoms with Gasteiger partial charge >= 0.3 is 12.1 Å². The van der Waals surface area contributed by atoms with Crippen molar-refractivity contribution >= 4 is 12.0 Å². The Morgan fingerprint density at radius 1 is 1.12 bits per heavy atom. The lowest BCUT2D eigenvalue weighted by molar-refractivity contribution is -0.362. The molecule has 0 aliphatic heterocycles. The number of halogens is 5. The van der Waals surface area contributed by atoms with Crippen molar-refractivity contribution in [3.05, 3.63) is 58.2 Å². The van der Waals surface area contributed by atoms with E-state index in [1.165, 1.54) is 13.1 Å². The zero-order valence-electron chi connectivity index (χ0n) is 22.5. The number of hydrogen-bond acceptors (Lipinski definition) is 4. The van der Waals surface area contributed by atoms with E-state index in [4.69, 9.17) is 4.84 Å². The molecule has 0 heterocycles. The average molecular weight is 562 g/mol. The summed E-state index contributed by atoms with van der Waals surface area (Å²) in [6.07, 6.45) is -1.47. The van der Waals surface area contributed by atoms with Gasteiger partial charge in [0.05, 0.1) is 0 Å². The Balaban J connectivity index is 1.60. The first-order chi connectivity index (χ1) is 18.8. The minimum Gasteiger partial charge on any atom is -0.396 e. The highest BCUT2D eigenvalue weighted by Crippen LogP contribution is 2.70. The van der Waals surface area contributed by atoms with Gasteiger partial charge in [0.1, 0.15) is 18.4 Å². The number of carbonyl (C=O) groups excluding carboxylic acids is 1. The van der Waals surface area contributed by atoms with E-state index in [2.05, 4.69) is 17.0 Å². The number of carbonyl (C=O) groups is 1. The molecule has 0 radical (unpaired) electrons. The van der Waals surface area contributed by atoms with Crippen LogP contribution in [0.1, 0.15) is 75.8 Å². The van der Waals surface area contributed by atoms with Crippen molar-refractivity contribution in [1.29, 1.82) is 0 Å². The van der Waals surface area contributed by atoms with Gasteiger partial charge in [0.2, 0.25) is 0 Å². The third-order valence-electron chi connectivity index (χ3n) is 9.61. The summed E-state index contributed by atoms with van der Waals surface area (Å²) in [6, 6.07) is 7.20. The van der Waals surface area contributed by atoms with Crippen LogP contribution in [0.5, 0.6) is 0 Å². The molecule has 2 unspecified atom stereocenters. The summed E-state index contributed by atoms with van der Waals surface area (Å²) in [5, 5.41) is 15.0. The number of hydrogen-bond donors (Lipinski definition) is 1. The number of oxime groups is 1. The van der Waals surface area contributed by atoms with Gasteiger partial charge in [-0.25, -0.2) is 0 Å². The molecule has 0 saturated heterocycles. The van der Waals surface area contributed by atoms with Crippen LogP contribution >= 0.6 is 0 Å². The molecule has 5 rings (SSSR count). The summed E-state index contributed by atoms with van der Waals surface area (Å²) >= 11 is 0. The van der Waals surface area contributed by atoms with Crippen LogP contribution in [0.25, 0.3) is 0 Å². The van der Waals surface area contributed by atoms with Gasteiger partial charge in [0.15, 0.2) is 5.78 Å². The van der Waals surface area contributed by atoms with Crippen molar-refractivity contribution in [3.8, 4) is 11.8 Å². The maximum absolute atomic E-state index is 15.1. The third kappa shape index (κ3) is 4.39. The normalized spacial score (nSPS) is 32.1. The molecule has 1 N–H and O–H groups in total. The van der Waals surface area contributed by atoms with Gasteiger partial charge in [-0.15, -0.1) is 0 Å². The van der Waals surface area contributed by atoms with E-state index in [9.17, 15) is 23.1 Å². The Kier molecular flexibility index (Phi) is 7.23. The zero-order valence-corrected chi connectivity index (χ0v) is 22.5. The third-order valence-corrected chi connectivity index (χ3v) is 9.61. The molecule has 4 aliphatic rings. The minimum absolute atomic E-state index is 0.0471. The number of aliphatic hydroxyl groups is 1. The van der Waals surface area contributed by atoms with Crippen LogP contribution in [-0.4, -0.2) is 41.4 Å². The van der Waals surface area contributed by atoms with E-state index in [0.29, 0.717) is 37.9 Å². The largest absolute Gasteiger partial charge is 0.456 e. The van der Waals surface area contributed by atoms with Crippen molar-refractivity contribution in [1.82, 2.24) is 0 Å². The zero-order chi connectivity index (χ0) is 28.9. The highest BCUT2D eigenvalue weighted by Gasteiger charge is 2.79. The maximum Gasteiger partial charge on any atom is 0.456 e. The van der Waals surface area contributed by atoms with Gasteiger partial charge in [0, 0.05) is 23.3 Å². The van der Waals surface area contributed by atoms with Gasteiger partial charge in [-0.1, -0.05) is 35.7 Å². The van der Waals surface area contributed by atoms with Crippen molar-refractivity contribution < 1.29 is 36.7 Å². The van der Waals surface area contributed by atoms with Gasteiger partial charge in [0.25, 0.3) is 0 Å². The molecule has 1 aromatic carbocycles. The van der Waals surface area contributed by atoms with Crippen LogP contribution < -0.4 is 0 Å². The average Bonchev–Trinajstić information content (AvgIpc) is 3.19. The smallest absolute Gasteiger partial charge is 0.396 e. The molecular formula is C31H32F5NO3. The second-order valence-electron chi connectivity index (χ2n) is 11.5. The molecule has 2 saturated carbocycles. The Morgan fingerprint density at radius 3 is 2.52 bits per heavy atom. The van der Waals surface area contributed by atoms with Crippen molar-refractivity contribution in [2.45, 2.75) is 82.4 Å². The first-order valence-corrected chi connectivity index (χ1v) is 13.7. The summed E-state index contributed by atoms with van der Waals surface area (Å²) in [7, 11) is 0. The molecule has 4 aliphatic carbocycles. The minimum atomic E-state index is -5.87. The van der Waals surface area contributed by atoms with Gasteiger partial charge in [-0.2, -0.15) is 22.0 Å². The van der Waals surface area contributed by atoms with Crippen LogP contribution in [0.4, 0.5) is 22.0 Å². The van der Waals surface area contributed by atoms with Crippen molar-refractivity contribution in [2.75, 3.05) is 6.61 Å². The quantitative estimate of drug-likeness (QED) is 0.189. The Morgan fingerprint density at radius 2 is 1.85 bits per heavy atom. The second kappa shape index (κ2) is 10.1. The van der Waals surface area contributed by atoms with Crippen LogP contribution in [-0.2, 0) is 9.63 Å². The molecule has 40 heavy (non-hydrogen) atoms. The molecule has 9 heteroatoms. The summed E-state index contributed by atoms with van der Waals surface area (Å²) in [4.78, 5) is 17.1. The molecule has 4 nitrogen and oxygen atoms in total. The fraction of sp³-hybridized carbons (Fsp3) is 0.548. The first-order valence-electron chi connectivity index (χ1n) is 13.7. The number of alkyl halides is 5. The van der Waals surface area contributed by atoms with Crippen molar-refractivity contribution in [3.63, 3.8) is 0 Å². The van der Waals surface area contributed by atoms with Crippen molar-refractivity contribution in [2.24, 2.45) is 22.4 Å². The lowest BCUT2D eigenvalue weighted by Crippen LogP contribution is -2.65. The Hall–Kier alpha value is -2.99. The number of nitrogens with zero attached hydrogens (tertiary/aromatic N) is 1. The van der Waals surface area contributed by atoms with E-state index in [0.717, 1.165) is 22.3 Å². The number of benzene rings is 1. The summed E-state index contributed by atoms with van der Waals surface area (Å²) in [5.41, 5.74) is -0.433. The summed E-state index contributed by atoms with van der Waals surface area (Å²) in [6.45, 7) is 3.64. The van der Waals surface area contributed by atoms with E-state index in [1.807, 2.05) is 12.1 Å². The van der Waals surface area contributed by atoms with E-state index >= 15 is 8.78 Å². The maximum atomic E-state index is 15.1. The fourth-order valence-electron chi connectivity index (χ4n) is 7.77.